The van der Waals surface area contributed by atoms with Gasteiger partial charge in [-0.1, -0.05) is 54.9 Å². The highest BCUT2D eigenvalue weighted by Gasteiger charge is 2.50. The average molecular weight is 1080 g/mol. The van der Waals surface area contributed by atoms with Gasteiger partial charge in [0.2, 0.25) is 22.7 Å². The first-order valence-corrected chi connectivity index (χ1v) is 26.2. The number of ether oxygens (including phenoxy) is 2. The third kappa shape index (κ3) is 15.0. The summed E-state index contributed by atoms with van der Waals surface area (Å²) < 4.78 is 67.8. The highest BCUT2D eigenvalue weighted by Crippen LogP contribution is 2.61. The number of phosphoric acid groups is 3. The smallest absolute Gasteiger partial charge is 0.481 e. The molecule has 0 saturated carbocycles. The van der Waals surface area contributed by atoms with Crippen LogP contribution in [0, 0.1) is 5.41 Å². The molecule has 0 radical (unpaired) electrons. The molecule has 2 amide bonds. The summed E-state index contributed by atoms with van der Waals surface area (Å²) in [4.78, 5) is 102. The molecule has 67 heavy (non-hydrogen) atoms. The van der Waals surface area contributed by atoms with Crippen LogP contribution in [0.1, 0.15) is 41.7 Å². The maximum Gasteiger partial charge on any atom is 0.481 e. The number of nitrogen functional groups attached to an aromatic ring is 1. The van der Waals surface area contributed by atoms with Crippen molar-refractivity contribution in [1.82, 2.24) is 30.2 Å². The highest BCUT2D eigenvalue weighted by atomic mass is 35.5. The first kappa shape index (κ1) is 54.5. The quantitative estimate of drug-likeness (QED) is 0.0276. The molecule has 0 spiro atoms. The molecule has 7 unspecified atom stereocenters. The third-order valence-corrected chi connectivity index (χ3v) is 14.8. The monoisotopic (exact) mass is 1080 g/mol. The van der Waals surface area contributed by atoms with Gasteiger partial charge in [-0.15, -0.1) is 11.3 Å². The van der Waals surface area contributed by atoms with E-state index >= 15 is 0 Å². The number of aliphatic hydroxyl groups is 2. The van der Waals surface area contributed by atoms with E-state index in [1.165, 1.54) is 37.3 Å². The van der Waals surface area contributed by atoms with E-state index in [1.807, 2.05) is 0 Å². The number of halogens is 2. The molecule has 4 heterocycles. The molecule has 33 heteroatoms. The summed E-state index contributed by atoms with van der Waals surface area (Å²) in [6, 6.07) is 6.23. The van der Waals surface area contributed by atoms with Gasteiger partial charge < -0.3 is 55.6 Å². The molecule has 4 aromatic rings. The number of fused-ring (bicyclic) bond motifs is 1. The SMILES string of the molecule is CC(C)(COP(=O)(O)OP(=O)(O)OCC1OC(n2cnc3c(N)ncnc32)C(O)C1OP(=O)(O)O)C(O)C(=O)NCCC(=O)NCCSC(=O)COc1ccc(C(=O)c2cccs2)c(Cl)c1Cl. The van der Waals surface area contributed by atoms with Crippen LogP contribution in [-0.4, -0.2) is 135 Å². The number of amides is 2. The number of ketones is 1. The van der Waals surface area contributed by atoms with Crippen LogP contribution in [0.2, 0.25) is 10.0 Å². The molecule has 1 aliphatic rings. The van der Waals surface area contributed by atoms with Gasteiger partial charge in [0.1, 0.15) is 47.0 Å². The van der Waals surface area contributed by atoms with Gasteiger partial charge in [0.05, 0.1) is 29.4 Å². The number of nitrogens with zero attached hydrogens (tertiary/aromatic N) is 4. The number of thiophene rings is 1. The summed E-state index contributed by atoms with van der Waals surface area (Å²) in [5.74, 6) is -1.68. The normalized spacial score (nSPS) is 19.9. The summed E-state index contributed by atoms with van der Waals surface area (Å²) in [7, 11) is -16.5. The minimum Gasteiger partial charge on any atom is -0.483 e. The Balaban J connectivity index is 1.00. The Morgan fingerprint density at radius 2 is 1.73 bits per heavy atom. The van der Waals surface area contributed by atoms with E-state index < -0.39 is 96.3 Å². The molecule has 1 aliphatic heterocycles. The number of carbonyl (C=O) groups excluding carboxylic acids is 4. The van der Waals surface area contributed by atoms with Gasteiger partial charge in [-0.25, -0.2) is 28.6 Å². The minimum absolute atomic E-state index is 0.0164. The summed E-state index contributed by atoms with van der Waals surface area (Å²) >= 11 is 14.7. The van der Waals surface area contributed by atoms with Crippen LogP contribution in [0.4, 0.5) is 5.82 Å². The Bertz CT molecular complexity index is 2590. The molecule has 0 aliphatic carbocycles. The number of nitrogens with one attached hydrogen (secondary N) is 2. The van der Waals surface area contributed by atoms with Gasteiger partial charge in [0, 0.05) is 36.2 Å². The van der Waals surface area contributed by atoms with E-state index in [0.29, 0.717) is 4.88 Å². The number of aliphatic hydroxyl groups excluding tert-OH is 2. The minimum atomic E-state index is -5.61. The number of nitrogens with two attached hydrogens (primary N) is 1. The van der Waals surface area contributed by atoms with Gasteiger partial charge >= 0.3 is 23.5 Å². The van der Waals surface area contributed by atoms with Gasteiger partial charge in [0.25, 0.3) is 0 Å². The fraction of sp³-hybridized carbons (Fsp3) is 0.441. The lowest BCUT2D eigenvalue weighted by atomic mass is 9.87. The van der Waals surface area contributed by atoms with Crippen LogP contribution in [0.15, 0.2) is 42.3 Å². The van der Waals surface area contributed by atoms with Gasteiger partial charge in [-0.3, -0.25) is 37.3 Å². The zero-order valence-electron chi connectivity index (χ0n) is 34.6. The molecule has 368 valence electrons. The summed E-state index contributed by atoms with van der Waals surface area (Å²) in [6.45, 7) is -0.239. The first-order chi connectivity index (χ1) is 31.3. The van der Waals surface area contributed by atoms with Crippen LogP contribution < -0.4 is 21.1 Å². The fourth-order valence-electron chi connectivity index (χ4n) is 5.83. The van der Waals surface area contributed by atoms with Crippen molar-refractivity contribution in [3.05, 3.63) is 62.8 Å². The second kappa shape index (κ2) is 23.0. The molecule has 26 nitrogen and oxygen atoms in total. The van der Waals surface area contributed by atoms with Crippen molar-refractivity contribution in [3.8, 4) is 5.75 Å². The van der Waals surface area contributed by atoms with E-state index in [1.54, 1.807) is 17.5 Å². The number of anilines is 1. The van der Waals surface area contributed by atoms with Crippen molar-refractivity contribution in [2.75, 3.05) is 44.4 Å². The predicted octanol–water partition coefficient (Wildman–Crippen LogP) is 2.34. The Morgan fingerprint density at radius 3 is 2.42 bits per heavy atom. The molecule has 5 rings (SSSR count). The molecular weight excluding hydrogens is 1040 g/mol. The number of hydrogen-bond donors (Lipinski definition) is 9. The summed E-state index contributed by atoms with van der Waals surface area (Å²) in [6.07, 6.45) is -7.16. The standard InChI is InChI=1S/C34H42Cl2N7O19P3S2/c1-34(2,29(48)32(49)39-8-7-21(44)38-9-11-67-22(45)13-57-18-6-5-17(23(35)24(18)36)26(46)20-4-3-10-66-20)14-59-65(55,56)62-64(53,54)58-12-19-28(61-63(50,51)52)27(47)33(60-19)43-16-42-25-30(37)40-15-41-31(25)43/h3-6,10,15-16,19,27-29,33,47-48H,7-9,11-14H2,1-2H3,(H,38,44)(H,39,49)(H,53,54)(H,55,56)(H2,37,40,41)(H2,50,51,52). The van der Waals surface area contributed by atoms with Crippen molar-refractivity contribution in [2.24, 2.45) is 5.41 Å². The van der Waals surface area contributed by atoms with Crippen LogP contribution in [0.5, 0.6) is 5.75 Å². The Hall–Kier alpha value is -3.47. The van der Waals surface area contributed by atoms with Crippen LogP contribution >= 0.6 is 69.8 Å². The van der Waals surface area contributed by atoms with E-state index in [2.05, 4.69) is 34.4 Å². The number of aromatic nitrogens is 4. The molecule has 3 aromatic heterocycles. The third-order valence-electron chi connectivity index (χ3n) is 9.15. The topological polar surface area (TPSA) is 390 Å². The molecule has 1 aromatic carbocycles. The van der Waals surface area contributed by atoms with Crippen LogP contribution in [0.3, 0.4) is 0 Å². The van der Waals surface area contributed by atoms with E-state index in [0.717, 1.165) is 29.0 Å². The number of rotatable bonds is 24. The van der Waals surface area contributed by atoms with Gasteiger partial charge in [-0.2, -0.15) is 4.31 Å². The maximum atomic E-state index is 12.7. The van der Waals surface area contributed by atoms with E-state index in [4.69, 9.17) is 47.5 Å². The molecular formula is C34H42Cl2N7O19P3S2. The van der Waals surface area contributed by atoms with Crippen LogP contribution in [0.25, 0.3) is 11.2 Å². The lowest BCUT2D eigenvalue weighted by Gasteiger charge is -2.30. The van der Waals surface area contributed by atoms with E-state index in [-0.39, 0.29) is 69.4 Å². The predicted molar refractivity (Wildman–Crippen MR) is 237 cm³/mol. The summed E-state index contributed by atoms with van der Waals surface area (Å²) in [5.41, 5.74) is 4.37. The van der Waals surface area contributed by atoms with Crippen molar-refractivity contribution in [2.45, 2.75) is 50.9 Å². The summed E-state index contributed by atoms with van der Waals surface area (Å²) in [5, 5.41) is 27.7. The van der Waals surface area contributed by atoms with Gasteiger partial charge in [0.15, 0.2) is 24.3 Å². The number of phosphoric ester groups is 3. The molecule has 0 bridgehead atoms. The highest BCUT2D eigenvalue weighted by molar-refractivity contribution is 8.13. The van der Waals surface area contributed by atoms with Gasteiger partial charge in [-0.05, 0) is 23.6 Å². The largest absolute Gasteiger partial charge is 0.483 e. The maximum absolute atomic E-state index is 12.7. The number of hydrogen-bond acceptors (Lipinski definition) is 21. The lowest BCUT2D eigenvalue weighted by Crippen LogP contribution is -2.46. The lowest BCUT2D eigenvalue weighted by molar-refractivity contribution is -0.137. The van der Waals surface area contributed by atoms with Crippen molar-refractivity contribution < 1.29 is 90.0 Å². The second-order valence-corrected chi connectivity index (χ2v) is 21.7. The Kier molecular flexibility index (Phi) is 18.7. The molecule has 1 saturated heterocycles. The van der Waals surface area contributed by atoms with Crippen molar-refractivity contribution in [3.63, 3.8) is 0 Å². The Labute approximate surface area is 397 Å². The number of benzene rings is 1. The molecule has 7 atom stereocenters. The number of carbonyl (C=O) groups is 4. The number of thioether (sulfide) groups is 1. The molecule has 1 fully saturated rings. The average Bonchev–Trinajstić information content (AvgIpc) is 4.01. The number of imidazole rings is 1. The second-order valence-electron chi connectivity index (χ2n) is 14.6. The molecule has 10 N–H and O–H groups in total. The zero-order chi connectivity index (χ0) is 49.5. The van der Waals surface area contributed by atoms with E-state index in [9.17, 15) is 62.7 Å². The fourth-order valence-corrected chi connectivity index (χ4v) is 10.4. The van der Waals surface area contributed by atoms with Crippen molar-refractivity contribution in [1.29, 1.82) is 0 Å². The van der Waals surface area contributed by atoms with Crippen molar-refractivity contribution >= 4 is 109 Å². The van der Waals surface area contributed by atoms with Crippen LogP contribution in [-0.2, 0) is 50.7 Å². The Morgan fingerprint density at radius 1 is 1.01 bits per heavy atom. The first-order valence-electron chi connectivity index (χ1n) is 19.0. The zero-order valence-corrected chi connectivity index (χ0v) is 40.5.